The lowest BCUT2D eigenvalue weighted by atomic mass is 10.3. The van der Waals surface area contributed by atoms with Crippen LogP contribution < -0.4 is 4.90 Å². The molecule has 0 unspecified atom stereocenters. The Bertz CT molecular complexity index is 307. The van der Waals surface area contributed by atoms with Gasteiger partial charge in [0.1, 0.15) is 0 Å². The van der Waals surface area contributed by atoms with Crippen molar-refractivity contribution < 1.29 is 14.7 Å². The lowest BCUT2D eigenvalue weighted by Crippen LogP contribution is -2.33. The van der Waals surface area contributed by atoms with Crippen LogP contribution in [0.4, 0.5) is 10.5 Å². The number of hydrogen-bond donors (Lipinski definition) is 1. The fourth-order valence-electron chi connectivity index (χ4n) is 0.938. The van der Waals surface area contributed by atoms with Crippen LogP contribution in [0.25, 0.3) is 0 Å². The molecule has 4 nitrogen and oxygen atoms in total. The Labute approximate surface area is 75.4 Å². The quantitative estimate of drug-likeness (QED) is 0.709. The maximum absolute atomic E-state index is 10.8. The second-order valence-corrected chi connectivity index (χ2v) is 2.35. The van der Waals surface area contributed by atoms with Crippen LogP contribution in [0.5, 0.6) is 0 Å². The van der Waals surface area contributed by atoms with Crippen LogP contribution in [0.2, 0.25) is 0 Å². The van der Waals surface area contributed by atoms with Gasteiger partial charge in [-0.05, 0) is 12.1 Å². The number of carbonyl (C=O) groups is 2. The minimum atomic E-state index is -1.33. The maximum Gasteiger partial charge on any atom is 0.418 e. The molecule has 0 heterocycles. The van der Waals surface area contributed by atoms with Crippen LogP contribution in [0.15, 0.2) is 30.3 Å². The molecular formula is C9H8NO3. The van der Waals surface area contributed by atoms with Crippen LogP contribution in [0.1, 0.15) is 0 Å². The Morgan fingerprint density at radius 2 is 1.77 bits per heavy atom. The number of carbonyl (C=O) groups excluding carboxylic acids is 1. The van der Waals surface area contributed by atoms with Gasteiger partial charge >= 0.3 is 6.09 Å². The molecule has 13 heavy (non-hydrogen) atoms. The van der Waals surface area contributed by atoms with E-state index in [1.54, 1.807) is 18.2 Å². The number of rotatable bonds is 1. The average molecular weight is 178 g/mol. The number of benzene rings is 1. The van der Waals surface area contributed by atoms with Gasteiger partial charge in [0.15, 0.2) is 0 Å². The summed E-state index contributed by atoms with van der Waals surface area (Å²) in [6, 6.07) is 8.08. The fourth-order valence-corrected chi connectivity index (χ4v) is 0.938. The van der Waals surface area contributed by atoms with Gasteiger partial charge in [0.05, 0.1) is 5.69 Å². The third kappa shape index (κ3) is 2.05. The van der Waals surface area contributed by atoms with Gasteiger partial charge in [-0.2, -0.15) is 0 Å². The predicted molar refractivity (Wildman–Crippen MR) is 47.3 cm³/mol. The minimum Gasteiger partial charge on any atom is -0.464 e. The van der Waals surface area contributed by atoms with Crippen LogP contribution in [-0.2, 0) is 4.79 Å². The van der Waals surface area contributed by atoms with Crippen molar-refractivity contribution in [2.75, 3.05) is 4.90 Å². The Kier molecular flexibility index (Phi) is 2.64. The predicted octanol–water partition coefficient (Wildman–Crippen LogP) is 1.53. The number of nitrogens with zero attached hydrogens (tertiary/aromatic N) is 1. The van der Waals surface area contributed by atoms with Gasteiger partial charge in [-0.1, -0.05) is 18.2 Å². The minimum absolute atomic E-state index is 0.301. The van der Waals surface area contributed by atoms with Crippen molar-refractivity contribution >= 4 is 17.7 Å². The fraction of sp³-hybridized carbons (Fsp3) is 0. The Morgan fingerprint density at radius 1 is 1.23 bits per heavy atom. The Hall–Kier alpha value is -1.84. The zero-order valence-electron chi connectivity index (χ0n) is 6.80. The second-order valence-electron chi connectivity index (χ2n) is 2.35. The van der Waals surface area contributed by atoms with Crippen molar-refractivity contribution in [3.63, 3.8) is 0 Å². The highest BCUT2D eigenvalue weighted by Crippen LogP contribution is 2.12. The first kappa shape index (κ1) is 9.25. The highest BCUT2D eigenvalue weighted by Gasteiger charge is 2.17. The lowest BCUT2D eigenvalue weighted by molar-refractivity contribution is -0.113. The SMILES string of the molecule is [CH2]C(=O)N(C(=O)O)c1ccccc1. The lowest BCUT2D eigenvalue weighted by Gasteiger charge is -2.14. The molecule has 0 saturated carbocycles. The van der Waals surface area contributed by atoms with E-state index in [0.717, 1.165) is 0 Å². The molecular weight excluding hydrogens is 170 g/mol. The van der Waals surface area contributed by atoms with E-state index in [4.69, 9.17) is 5.11 Å². The molecule has 0 fully saturated rings. The van der Waals surface area contributed by atoms with E-state index < -0.39 is 12.0 Å². The number of carboxylic acid groups (broad SMARTS) is 1. The van der Waals surface area contributed by atoms with Gasteiger partial charge in [-0.3, -0.25) is 4.79 Å². The maximum atomic E-state index is 10.8. The summed E-state index contributed by atoms with van der Waals surface area (Å²) in [7, 11) is 0. The van der Waals surface area contributed by atoms with Gasteiger partial charge in [0.2, 0.25) is 5.91 Å². The molecule has 1 aromatic rings. The van der Waals surface area contributed by atoms with E-state index in [1.807, 2.05) is 0 Å². The highest BCUT2D eigenvalue weighted by atomic mass is 16.4. The molecule has 0 aliphatic rings. The van der Waals surface area contributed by atoms with Gasteiger partial charge in [-0.15, -0.1) is 0 Å². The van der Waals surface area contributed by atoms with Crippen molar-refractivity contribution in [2.45, 2.75) is 0 Å². The zero-order valence-corrected chi connectivity index (χ0v) is 6.80. The first-order valence-corrected chi connectivity index (χ1v) is 3.57. The van der Waals surface area contributed by atoms with Crippen LogP contribution >= 0.6 is 0 Å². The number of anilines is 1. The summed E-state index contributed by atoms with van der Waals surface area (Å²) < 4.78 is 0. The third-order valence-electron chi connectivity index (χ3n) is 1.46. The van der Waals surface area contributed by atoms with E-state index in [-0.39, 0.29) is 0 Å². The summed E-state index contributed by atoms with van der Waals surface area (Å²) >= 11 is 0. The second kappa shape index (κ2) is 3.71. The molecule has 4 heteroatoms. The van der Waals surface area contributed by atoms with Gasteiger partial charge in [0.25, 0.3) is 0 Å². The summed E-state index contributed by atoms with van der Waals surface area (Å²) in [5, 5.41) is 8.66. The van der Waals surface area contributed by atoms with Gasteiger partial charge in [0, 0.05) is 6.92 Å². The molecule has 0 bridgehead atoms. The van der Waals surface area contributed by atoms with E-state index >= 15 is 0 Å². The normalized spacial score (nSPS) is 9.31. The van der Waals surface area contributed by atoms with E-state index in [2.05, 4.69) is 6.92 Å². The molecule has 2 amide bonds. The van der Waals surface area contributed by atoms with Crippen LogP contribution in [0, 0.1) is 6.92 Å². The summed E-state index contributed by atoms with van der Waals surface area (Å²) in [5.41, 5.74) is 0.301. The summed E-state index contributed by atoms with van der Waals surface area (Å²) in [4.78, 5) is 22.0. The molecule has 67 valence electrons. The topological polar surface area (TPSA) is 57.6 Å². The van der Waals surface area contributed by atoms with Gasteiger partial charge in [-0.25, -0.2) is 9.69 Å². The molecule has 0 aromatic heterocycles. The van der Waals surface area contributed by atoms with Crippen LogP contribution in [0.3, 0.4) is 0 Å². The molecule has 1 aromatic carbocycles. The molecule has 0 aliphatic carbocycles. The summed E-state index contributed by atoms with van der Waals surface area (Å²) in [6.45, 7) is 3.04. The number of para-hydroxylation sites is 1. The monoisotopic (exact) mass is 178 g/mol. The van der Waals surface area contributed by atoms with Crippen molar-refractivity contribution in [1.29, 1.82) is 0 Å². The molecule has 0 spiro atoms. The summed E-state index contributed by atoms with van der Waals surface area (Å²) in [6.07, 6.45) is -1.33. The summed E-state index contributed by atoms with van der Waals surface area (Å²) in [5.74, 6) is -0.765. The van der Waals surface area contributed by atoms with E-state index in [0.29, 0.717) is 10.6 Å². The average Bonchev–Trinajstić information content (AvgIpc) is 2.04. The molecule has 0 atom stereocenters. The first-order chi connectivity index (χ1) is 6.13. The number of hydrogen-bond acceptors (Lipinski definition) is 2. The standard InChI is InChI=1S/C9H8NO3/c1-7(11)10(9(12)13)8-5-3-2-4-6-8/h2-6H,1H2,(H,12,13). The van der Waals surface area contributed by atoms with Crippen LogP contribution in [-0.4, -0.2) is 17.1 Å². The van der Waals surface area contributed by atoms with Crippen molar-refractivity contribution in [1.82, 2.24) is 0 Å². The molecule has 0 aliphatic heterocycles. The Balaban J connectivity index is 3.03. The van der Waals surface area contributed by atoms with Crippen molar-refractivity contribution in [2.24, 2.45) is 0 Å². The molecule has 1 rings (SSSR count). The zero-order chi connectivity index (χ0) is 9.84. The van der Waals surface area contributed by atoms with Crippen molar-refractivity contribution in [3.8, 4) is 0 Å². The number of imide groups is 1. The molecule has 1 radical (unpaired) electrons. The van der Waals surface area contributed by atoms with Gasteiger partial charge < -0.3 is 5.11 Å². The largest absolute Gasteiger partial charge is 0.464 e. The smallest absolute Gasteiger partial charge is 0.418 e. The third-order valence-corrected chi connectivity index (χ3v) is 1.46. The van der Waals surface area contributed by atoms with E-state index in [9.17, 15) is 9.59 Å². The molecule has 1 N–H and O–H groups in total. The first-order valence-electron chi connectivity index (χ1n) is 3.57. The van der Waals surface area contributed by atoms with E-state index in [1.165, 1.54) is 12.1 Å². The highest BCUT2D eigenvalue weighted by molar-refractivity contribution is 6.13. The Morgan fingerprint density at radius 3 is 2.15 bits per heavy atom. The number of amides is 2. The molecule has 0 saturated heterocycles. The van der Waals surface area contributed by atoms with Crippen molar-refractivity contribution in [3.05, 3.63) is 37.3 Å².